The number of hydrogen-bond acceptors (Lipinski definition) is 2. The standard InChI is InChI=1S/C21H26ClN3O.HI/c1-15(16-8-10-19(22)11-9-16)25-21(23-2)24-14-18-12-13-26-20(18)17-6-4-3-5-7-17;/h3-11,15,18,20H,12-14H2,1-2H3,(H2,23,24,25);1H. The van der Waals surface area contributed by atoms with Crippen LogP contribution in [0.3, 0.4) is 0 Å². The third-order valence-electron chi connectivity index (χ3n) is 4.82. The highest BCUT2D eigenvalue weighted by atomic mass is 127. The highest BCUT2D eigenvalue weighted by molar-refractivity contribution is 14.0. The lowest BCUT2D eigenvalue weighted by atomic mass is 9.95. The van der Waals surface area contributed by atoms with E-state index in [9.17, 15) is 0 Å². The Morgan fingerprint density at radius 2 is 1.89 bits per heavy atom. The molecule has 2 aromatic rings. The van der Waals surface area contributed by atoms with E-state index in [-0.39, 0.29) is 36.1 Å². The summed E-state index contributed by atoms with van der Waals surface area (Å²) in [7, 11) is 1.80. The number of ether oxygens (including phenoxy) is 1. The molecule has 146 valence electrons. The van der Waals surface area contributed by atoms with Crippen LogP contribution in [0.15, 0.2) is 59.6 Å². The first-order chi connectivity index (χ1) is 12.7. The van der Waals surface area contributed by atoms with Gasteiger partial charge in [-0.05, 0) is 36.6 Å². The number of nitrogens with zero attached hydrogens (tertiary/aromatic N) is 1. The third-order valence-corrected chi connectivity index (χ3v) is 5.07. The van der Waals surface area contributed by atoms with E-state index >= 15 is 0 Å². The Hall–Kier alpha value is -1.31. The second-order valence-electron chi connectivity index (χ2n) is 6.62. The molecule has 1 fully saturated rings. The molecular formula is C21H27ClIN3O. The molecule has 0 spiro atoms. The molecule has 1 saturated heterocycles. The maximum absolute atomic E-state index is 5.97. The van der Waals surface area contributed by atoms with Crippen molar-refractivity contribution in [1.82, 2.24) is 10.6 Å². The molecule has 1 aliphatic heterocycles. The number of nitrogens with one attached hydrogen (secondary N) is 2. The van der Waals surface area contributed by atoms with Gasteiger partial charge in [0.2, 0.25) is 0 Å². The number of rotatable bonds is 5. The van der Waals surface area contributed by atoms with Crippen LogP contribution >= 0.6 is 35.6 Å². The zero-order valence-corrected chi connectivity index (χ0v) is 18.8. The second kappa shape index (κ2) is 10.9. The first-order valence-electron chi connectivity index (χ1n) is 9.06. The van der Waals surface area contributed by atoms with Gasteiger partial charge in [0, 0.05) is 31.1 Å². The quantitative estimate of drug-likeness (QED) is 0.347. The molecule has 0 saturated carbocycles. The third kappa shape index (κ3) is 6.09. The molecule has 2 N–H and O–H groups in total. The highest BCUT2D eigenvalue weighted by Gasteiger charge is 2.29. The van der Waals surface area contributed by atoms with E-state index in [4.69, 9.17) is 16.3 Å². The lowest BCUT2D eigenvalue weighted by Gasteiger charge is -2.22. The Kier molecular flexibility index (Phi) is 8.86. The maximum atomic E-state index is 5.97. The van der Waals surface area contributed by atoms with E-state index in [1.54, 1.807) is 7.05 Å². The predicted molar refractivity (Wildman–Crippen MR) is 123 cm³/mol. The van der Waals surface area contributed by atoms with E-state index in [1.165, 1.54) is 11.1 Å². The van der Waals surface area contributed by atoms with Crippen molar-refractivity contribution in [2.45, 2.75) is 25.5 Å². The van der Waals surface area contributed by atoms with Crippen LogP contribution in [-0.4, -0.2) is 26.2 Å². The minimum atomic E-state index is 0. The van der Waals surface area contributed by atoms with E-state index < -0.39 is 0 Å². The average molecular weight is 500 g/mol. The van der Waals surface area contributed by atoms with Gasteiger partial charge in [-0.15, -0.1) is 24.0 Å². The van der Waals surface area contributed by atoms with Gasteiger partial charge in [-0.2, -0.15) is 0 Å². The molecule has 0 amide bonds. The number of hydrogen-bond donors (Lipinski definition) is 2. The molecule has 6 heteroatoms. The number of aliphatic imine (C=N–C) groups is 1. The zero-order chi connectivity index (χ0) is 18.4. The summed E-state index contributed by atoms with van der Waals surface area (Å²) in [6.45, 7) is 3.74. The smallest absolute Gasteiger partial charge is 0.191 e. The summed E-state index contributed by atoms with van der Waals surface area (Å²) in [4.78, 5) is 4.36. The van der Waals surface area contributed by atoms with Crippen molar-refractivity contribution < 1.29 is 4.74 Å². The maximum Gasteiger partial charge on any atom is 0.191 e. The highest BCUT2D eigenvalue weighted by Crippen LogP contribution is 2.33. The lowest BCUT2D eigenvalue weighted by molar-refractivity contribution is 0.0915. The van der Waals surface area contributed by atoms with Gasteiger partial charge >= 0.3 is 0 Å². The van der Waals surface area contributed by atoms with Crippen LogP contribution in [0.1, 0.15) is 36.6 Å². The monoisotopic (exact) mass is 499 g/mol. The van der Waals surface area contributed by atoms with Crippen molar-refractivity contribution in [1.29, 1.82) is 0 Å². The Morgan fingerprint density at radius 1 is 1.19 bits per heavy atom. The van der Waals surface area contributed by atoms with Crippen LogP contribution in [-0.2, 0) is 4.74 Å². The van der Waals surface area contributed by atoms with Crippen molar-refractivity contribution in [2.75, 3.05) is 20.2 Å². The minimum absolute atomic E-state index is 0. The van der Waals surface area contributed by atoms with Gasteiger partial charge in [0.1, 0.15) is 0 Å². The summed E-state index contributed by atoms with van der Waals surface area (Å²) in [6.07, 6.45) is 1.20. The van der Waals surface area contributed by atoms with Crippen LogP contribution in [0.25, 0.3) is 0 Å². The topological polar surface area (TPSA) is 45.7 Å². The number of benzene rings is 2. The summed E-state index contributed by atoms with van der Waals surface area (Å²) < 4.78 is 5.97. The van der Waals surface area contributed by atoms with Gasteiger partial charge < -0.3 is 15.4 Å². The fourth-order valence-electron chi connectivity index (χ4n) is 3.32. The van der Waals surface area contributed by atoms with E-state index in [1.807, 2.05) is 30.3 Å². The normalized spacial score (nSPS) is 20.6. The fourth-order valence-corrected chi connectivity index (χ4v) is 3.44. The molecule has 0 bridgehead atoms. The molecule has 0 aromatic heterocycles. The number of guanidine groups is 1. The summed E-state index contributed by atoms with van der Waals surface area (Å²) in [6, 6.07) is 18.5. The summed E-state index contributed by atoms with van der Waals surface area (Å²) in [5.74, 6) is 1.23. The molecule has 1 heterocycles. The van der Waals surface area contributed by atoms with Gasteiger partial charge in [-0.3, -0.25) is 4.99 Å². The Balaban J connectivity index is 0.00000261. The lowest BCUT2D eigenvalue weighted by Crippen LogP contribution is -2.41. The molecule has 4 nitrogen and oxygen atoms in total. The molecular weight excluding hydrogens is 473 g/mol. The van der Waals surface area contributed by atoms with Crippen LogP contribution in [0.2, 0.25) is 5.02 Å². The SMILES string of the molecule is CN=C(NCC1CCOC1c1ccccc1)NC(C)c1ccc(Cl)cc1.I. The predicted octanol–water partition coefficient (Wildman–Crippen LogP) is 4.96. The Morgan fingerprint density at radius 3 is 2.56 bits per heavy atom. The van der Waals surface area contributed by atoms with Crippen LogP contribution in [0, 0.1) is 5.92 Å². The second-order valence-corrected chi connectivity index (χ2v) is 7.06. The van der Waals surface area contributed by atoms with Crippen LogP contribution < -0.4 is 10.6 Å². The van der Waals surface area contributed by atoms with Gasteiger partial charge in [0.05, 0.1) is 12.1 Å². The first kappa shape index (κ1) is 22.0. The Labute approximate surface area is 183 Å². The molecule has 3 rings (SSSR count). The summed E-state index contributed by atoms with van der Waals surface area (Å²) >= 11 is 5.97. The average Bonchev–Trinajstić information content (AvgIpc) is 3.14. The molecule has 27 heavy (non-hydrogen) atoms. The van der Waals surface area contributed by atoms with Crippen molar-refractivity contribution in [3.63, 3.8) is 0 Å². The molecule has 0 aliphatic carbocycles. The van der Waals surface area contributed by atoms with Gasteiger partial charge in [-0.25, -0.2) is 0 Å². The van der Waals surface area contributed by atoms with Gasteiger partial charge in [-0.1, -0.05) is 54.1 Å². The molecule has 2 aromatic carbocycles. The Bertz CT molecular complexity index is 724. The van der Waals surface area contributed by atoms with Gasteiger partial charge in [0.25, 0.3) is 0 Å². The zero-order valence-electron chi connectivity index (χ0n) is 15.7. The van der Waals surface area contributed by atoms with Gasteiger partial charge in [0.15, 0.2) is 5.96 Å². The molecule has 0 radical (unpaired) electrons. The molecule has 3 atom stereocenters. The van der Waals surface area contributed by atoms with Crippen molar-refractivity contribution in [3.8, 4) is 0 Å². The minimum Gasteiger partial charge on any atom is -0.373 e. The summed E-state index contributed by atoms with van der Waals surface area (Å²) in [5, 5.41) is 7.64. The van der Waals surface area contributed by atoms with Crippen molar-refractivity contribution in [2.24, 2.45) is 10.9 Å². The van der Waals surface area contributed by atoms with Crippen LogP contribution in [0.4, 0.5) is 0 Å². The van der Waals surface area contributed by atoms with Crippen molar-refractivity contribution >= 4 is 41.5 Å². The number of halogens is 2. The largest absolute Gasteiger partial charge is 0.373 e. The van der Waals surface area contributed by atoms with Crippen LogP contribution in [0.5, 0.6) is 0 Å². The van der Waals surface area contributed by atoms with Crippen molar-refractivity contribution in [3.05, 3.63) is 70.7 Å². The fraction of sp³-hybridized carbons (Fsp3) is 0.381. The van der Waals surface area contributed by atoms with E-state index in [0.717, 1.165) is 30.6 Å². The summed E-state index contributed by atoms with van der Waals surface area (Å²) in [5.41, 5.74) is 2.41. The van der Waals surface area contributed by atoms with E-state index in [2.05, 4.69) is 46.8 Å². The molecule has 3 unspecified atom stereocenters. The van der Waals surface area contributed by atoms with E-state index in [0.29, 0.717) is 5.92 Å². The first-order valence-corrected chi connectivity index (χ1v) is 9.44. The molecule has 1 aliphatic rings.